The van der Waals surface area contributed by atoms with Crippen LogP contribution in [0.5, 0.6) is 0 Å². The lowest BCUT2D eigenvalue weighted by Gasteiger charge is -2.38. The van der Waals surface area contributed by atoms with Gasteiger partial charge in [0.15, 0.2) is 0 Å². The standard InChI is InChI=1S/C8H16Si/c1-3-6-9(4-2)7-5-8-9/h3H,1,4-8H2,2H3. The van der Waals surface area contributed by atoms with Gasteiger partial charge in [-0.15, -0.1) is 6.58 Å². The molecular weight excluding hydrogens is 124 g/mol. The van der Waals surface area contributed by atoms with E-state index >= 15 is 0 Å². The van der Waals surface area contributed by atoms with Crippen molar-refractivity contribution in [2.75, 3.05) is 0 Å². The Labute approximate surface area is 59.0 Å². The Bertz CT molecular complexity index is 97.6. The Kier molecular flexibility index (Phi) is 2.12. The van der Waals surface area contributed by atoms with E-state index in [1.165, 1.54) is 18.5 Å². The van der Waals surface area contributed by atoms with Crippen molar-refractivity contribution in [2.45, 2.75) is 37.5 Å². The molecule has 0 atom stereocenters. The molecule has 0 nitrogen and oxygen atoms in total. The van der Waals surface area contributed by atoms with E-state index in [4.69, 9.17) is 0 Å². The maximum atomic E-state index is 3.81. The third-order valence-electron chi connectivity index (χ3n) is 2.74. The van der Waals surface area contributed by atoms with Crippen LogP contribution in [0.2, 0.25) is 24.2 Å². The van der Waals surface area contributed by atoms with E-state index in [1.54, 1.807) is 12.1 Å². The van der Waals surface area contributed by atoms with Crippen LogP contribution in [0, 0.1) is 0 Å². The summed E-state index contributed by atoms with van der Waals surface area (Å²) in [5.74, 6) is 0. The average molecular weight is 140 g/mol. The smallest absolute Gasteiger partial charge is 0.0570 e. The summed E-state index contributed by atoms with van der Waals surface area (Å²) >= 11 is 0. The van der Waals surface area contributed by atoms with Crippen LogP contribution in [0.25, 0.3) is 0 Å². The fraction of sp³-hybridized carbons (Fsp3) is 0.750. The molecule has 1 aliphatic heterocycles. The van der Waals surface area contributed by atoms with Crippen molar-refractivity contribution in [2.24, 2.45) is 0 Å². The van der Waals surface area contributed by atoms with E-state index in [2.05, 4.69) is 19.6 Å². The van der Waals surface area contributed by atoms with E-state index < -0.39 is 8.07 Å². The lowest BCUT2D eigenvalue weighted by atomic mass is 10.5. The molecule has 0 saturated carbocycles. The summed E-state index contributed by atoms with van der Waals surface area (Å²) in [4.78, 5) is 0. The molecule has 0 bridgehead atoms. The van der Waals surface area contributed by atoms with Gasteiger partial charge in [0, 0.05) is 0 Å². The quantitative estimate of drug-likeness (QED) is 0.417. The first-order chi connectivity index (χ1) is 4.33. The van der Waals surface area contributed by atoms with Crippen molar-refractivity contribution in [3.63, 3.8) is 0 Å². The summed E-state index contributed by atoms with van der Waals surface area (Å²) in [5.41, 5.74) is 0. The van der Waals surface area contributed by atoms with Crippen LogP contribution in [0.3, 0.4) is 0 Å². The van der Waals surface area contributed by atoms with Gasteiger partial charge in [0.2, 0.25) is 0 Å². The number of hydrogen-bond acceptors (Lipinski definition) is 0. The fourth-order valence-corrected chi connectivity index (χ4v) is 5.05. The first-order valence-corrected chi connectivity index (χ1v) is 6.77. The maximum Gasteiger partial charge on any atom is 0.0570 e. The third-order valence-corrected chi connectivity index (χ3v) is 8.22. The van der Waals surface area contributed by atoms with Gasteiger partial charge >= 0.3 is 0 Å². The monoisotopic (exact) mass is 140 g/mol. The van der Waals surface area contributed by atoms with Crippen molar-refractivity contribution in [1.29, 1.82) is 0 Å². The van der Waals surface area contributed by atoms with Crippen molar-refractivity contribution in [3.05, 3.63) is 12.7 Å². The molecule has 0 aromatic rings. The van der Waals surface area contributed by atoms with E-state index in [0.717, 1.165) is 0 Å². The molecule has 0 amide bonds. The van der Waals surface area contributed by atoms with Crippen molar-refractivity contribution >= 4 is 8.07 Å². The van der Waals surface area contributed by atoms with Gasteiger partial charge in [0.25, 0.3) is 0 Å². The van der Waals surface area contributed by atoms with E-state index in [9.17, 15) is 0 Å². The molecule has 0 aromatic heterocycles. The second-order valence-electron chi connectivity index (χ2n) is 3.20. The van der Waals surface area contributed by atoms with E-state index in [1.807, 2.05) is 0 Å². The molecule has 0 aliphatic carbocycles. The molecule has 1 heteroatoms. The van der Waals surface area contributed by atoms with Crippen LogP contribution in [-0.4, -0.2) is 8.07 Å². The molecule has 0 radical (unpaired) electrons. The van der Waals surface area contributed by atoms with Gasteiger partial charge in [0.05, 0.1) is 8.07 Å². The van der Waals surface area contributed by atoms with Gasteiger partial charge in [0.1, 0.15) is 0 Å². The summed E-state index contributed by atoms with van der Waals surface area (Å²) in [6.45, 7) is 6.17. The zero-order valence-corrected chi connectivity index (χ0v) is 7.32. The SMILES string of the molecule is C=CC[Si]1(CC)CCC1. The second kappa shape index (κ2) is 2.69. The van der Waals surface area contributed by atoms with Gasteiger partial charge in [-0.05, 0) is 6.04 Å². The molecule has 0 N–H and O–H groups in total. The molecule has 1 aliphatic rings. The van der Waals surface area contributed by atoms with Gasteiger partial charge in [-0.2, -0.15) is 0 Å². The molecule has 9 heavy (non-hydrogen) atoms. The van der Waals surface area contributed by atoms with Crippen LogP contribution in [0.1, 0.15) is 13.3 Å². The molecule has 1 fully saturated rings. The highest BCUT2D eigenvalue weighted by molar-refractivity contribution is 6.82. The molecular formula is C8H16Si. The minimum absolute atomic E-state index is 0.635. The normalized spacial score (nSPS) is 22.8. The maximum absolute atomic E-state index is 3.81. The minimum atomic E-state index is -0.635. The Balaban J connectivity index is 2.36. The van der Waals surface area contributed by atoms with Crippen LogP contribution in [-0.2, 0) is 0 Å². The van der Waals surface area contributed by atoms with E-state index in [-0.39, 0.29) is 0 Å². The van der Waals surface area contributed by atoms with Gasteiger partial charge in [-0.3, -0.25) is 0 Å². The van der Waals surface area contributed by atoms with Crippen LogP contribution >= 0.6 is 0 Å². The van der Waals surface area contributed by atoms with Gasteiger partial charge < -0.3 is 0 Å². The van der Waals surface area contributed by atoms with Crippen molar-refractivity contribution in [1.82, 2.24) is 0 Å². The zero-order valence-electron chi connectivity index (χ0n) is 6.32. The second-order valence-corrected chi connectivity index (χ2v) is 8.32. The van der Waals surface area contributed by atoms with Crippen LogP contribution < -0.4 is 0 Å². The summed E-state index contributed by atoms with van der Waals surface area (Å²) in [6.07, 6.45) is 3.64. The van der Waals surface area contributed by atoms with Crippen LogP contribution in [0.15, 0.2) is 12.7 Å². The summed E-state index contributed by atoms with van der Waals surface area (Å²) in [7, 11) is -0.635. The molecule has 52 valence electrons. The average Bonchev–Trinajstić information content (AvgIpc) is 1.79. The minimum Gasteiger partial charge on any atom is -0.103 e. The number of allylic oxidation sites excluding steroid dienone is 1. The molecule has 1 heterocycles. The van der Waals surface area contributed by atoms with Crippen molar-refractivity contribution < 1.29 is 0 Å². The molecule has 1 rings (SSSR count). The molecule has 0 spiro atoms. The molecule has 0 unspecified atom stereocenters. The van der Waals surface area contributed by atoms with Gasteiger partial charge in [-0.1, -0.05) is 37.6 Å². The highest BCUT2D eigenvalue weighted by Gasteiger charge is 2.35. The first kappa shape index (κ1) is 7.07. The summed E-state index contributed by atoms with van der Waals surface area (Å²) in [5, 5.41) is 0. The summed E-state index contributed by atoms with van der Waals surface area (Å²) < 4.78 is 0. The topological polar surface area (TPSA) is 0 Å². The number of hydrogen-bond donors (Lipinski definition) is 0. The van der Waals surface area contributed by atoms with E-state index in [0.29, 0.717) is 0 Å². The lowest BCUT2D eigenvalue weighted by molar-refractivity contribution is 0.872. The molecule has 0 aromatic carbocycles. The van der Waals surface area contributed by atoms with Crippen LogP contribution in [0.4, 0.5) is 0 Å². The number of rotatable bonds is 3. The highest BCUT2D eigenvalue weighted by Crippen LogP contribution is 2.38. The molecule has 1 saturated heterocycles. The predicted octanol–water partition coefficient (Wildman–Crippen LogP) is 3.04. The highest BCUT2D eigenvalue weighted by atomic mass is 28.3. The largest absolute Gasteiger partial charge is 0.103 e. The van der Waals surface area contributed by atoms with Gasteiger partial charge in [-0.25, -0.2) is 0 Å². The Morgan fingerprint density at radius 1 is 1.56 bits per heavy atom. The Morgan fingerprint density at radius 3 is 2.33 bits per heavy atom. The lowest BCUT2D eigenvalue weighted by Crippen LogP contribution is -2.39. The Hall–Kier alpha value is -0.0431. The third kappa shape index (κ3) is 1.26. The summed E-state index contributed by atoms with van der Waals surface area (Å²) in [6, 6.07) is 6.02. The Morgan fingerprint density at radius 2 is 2.22 bits per heavy atom. The predicted molar refractivity (Wildman–Crippen MR) is 45.5 cm³/mol. The zero-order chi connectivity index (χ0) is 6.74. The van der Waals surface area contributed by atoms with Crippen molar-refractivity contribution in [3.8, 4) is 0 Å². The fourth-order valence-electron chi connectivity index (χ4n) is 1.68. The first-order valence-electron chi connectivity index (χ1n) is 3.94.